The SMILES string of the molecule is CSS[C@@H](C)CNc1cc(CO)cc(CN=O)c1. The molecule has 18 heavy (non-hydrogen) atoms. The van der Waals surface area contributed by atoms with E-state index in [4.69, 9.17) is 0 Å². The Bertz CT molecular complexity index is 388. The van der Waals surface area contributed by atoms with E-state index in [-0.39, 0.29) is 13.2 Å². The summed E-state index contributed by atoms with van der Waals surface area (Å²) in [7, 11) is 3.56. The summed E-state index contributed by atoms with van der Waals surface area (Å²) in [6, 6.07) is 5.59. The predicted molar refractivity (Wildman–Crippen MR) is 80.9 cm³/mol. The topological polar surface area (TPSA) is 61.7 Å². The van der Waals surface area contributed by atoms with Gasteiger partial charge in [0.15, 0.2) is 0 Å². The van der Waals surface area contributed by atoms with Crippen LogP contribution in [0.25, 0.3) is 0 Å². The van der Waals surface area contributed by atoms with E-state index in [0.29, 0.717) is 5.25 Å². The molecule has 0 saturated heterocycles. The van der Waals surface area contributed by atoms with E-state index in [1.807, 2.05) is 22.9 Å². The van der Waals surface area contributed by atoms with Gasteiger partial charge in [-0.3, -0.25) is 0 Å². The monoisotopic (exact) mass is 286 g/mol. The molecule has 0 unspecified atom stereocenters. The van der Waals surface area contributed by atoms with Crippen molar-refractivity contribution >= 4 is 27.3 Å². The quantitative estimate of drug-likeness (QED) is 0.567. The van der Waals surface area contributed by atoms with E-state index in [0.717, 1.165) is 23.4 Å². The second-order valence-corrected chi connectivity index (χ2v) is 6.85. The summed E-state index contributed by atoms with van der Waals surface area (Å²) in [6.07, 6.45) is 2.06. The highest BCUT2D eigenvalue weighted by Crippen LogP contribution is 2.24. The van der Waals surface area contributed by atoms with E-state index in [2.05, 4.69) is 23.7 Å². The molecule has 0 fully saturated rings. The highest BCUT2D eigenvalue weighted by molar-refractivity contribution is 8.76. The molecule has 0 radical (unpaired) electrons. The van der Waals surface area contributed by atoms with E-state index in [1.54, 1.807) is 16.9 Å². The molecule has 100 valence electrons. The van der Waals surface area contributed by atoms with Crippen molar-refractivity contribution in [2.24, 2.45) is 5.18 Å². The lowest BCUT2D eigenvalue weighted by atomic mass is 10.1. The van der Waals surface area contributed by atoms with Crippen LogP contribution in [0.1, 0.15) is 18.1 Å². The molecule has 0 aliphatic carbocycles. The van der Waals surface area contributed by atoms with Crippen molar-refractivity contribution in [3.05, 3.63) is 34.2 Å². The summed E-state index contributed by atoms with van der Waals surface area (Å²) >= 11 is 0. The Morgan fingerprint density at radius 2 is 2.11 bits per heavy atom. The van der Waals surface area contributed by atoms with Crippen LogP contribution >= 0.6 is 21.6 Å². The molecule has 6 heteroatoms. The molecule has 2 N–H and O–H groups in total. The van der Waals surface area contributed by atoms with Gasteiger partial charge in [-0.15, -0.1) is 0 Å². The van der Waals surface area contributed by atoms with Crippen LogP contribution in [0, 0.1) is 4.91 Å². The van der Waals surface area contributed by atoms with Gasteiger partial charge in [0.05, 0.1) is 6.61 Å². The van der Waals surface area contributed by atoms with Gasteiger partial charge in [-0.25, -0.2) is 0 Å². The van der Waals surface area contributed by atoms with Crippen molar-refractivity contribution in [3.63, 3.8) is 0 Å². The van der Waals surface area contributed by atoms with Gasteiger partial charge < -0.3 is 10.4 Å². The van der Waals surface area contributed by atoms with Gasteiger partial charge in [-0.2, -0.15) is 4.91 Å². The molecule has 1 aromatic carbocycles. The van der Waals surface area contributed by atoms with Gasteiger partial charge in [0.1, 0.15) is 6.54 Å². The van der Waals surface area contributed by atoms with E-state index < -0.39 is 0 Å². The first-order valence-electron chi connectivity index (χ1n) is 5.65. The number of nitrogens with zero attached hydrogens (tertiary/aromatic N) is 1. The number of hydrogen-bond donors (Lipinski definition) is 2. The third-order valence-electron chi connectivity index (χ3n) is 2.34. The number of nitroso groups, excluding NO2 is 1. The number of hydrogen-bond acceptors (Lipinski definition) is 6. The van der Waals surface area contributed by atoms with Gasteiger partial charge in [0.25, 0.3) is 0 Å². The van der Waals surface area contributed by atoms with Gasteiger partial charge in [0, 0.05) is 17.5 Å². The maximum Gasteiger partial charge on any atom is 0.106 e. The standard InChI is InChI=1S/C12H18N2O2S2/c1-9(18-17-2)6-13-12-4-10(7-14-16)3-11(5-12)8-15/h3-5,9,13,15H,6-8H2,1-2H3/t9-/m0/s1. The van der Waals surface area contributed by atoms with Gasteiger partial charge in [-0.05, 0) is 29.5 Å². The zero-order valence-corrected chi connectivity index (χ0v) is 12.2. The van der Waals surface area contributed by atoms with E-state index >= 15 is 0 Å². The molecule has 0 aromatic heterocycles. The minimum atomic E-state index is -0.0313. The first-order chi connectivity index (χ1) is 8.69. The first kappa shape index (κ1) is 15.3. The average molecular weight is 286 g/mol. The molecular weight excluding hydrogens is 268 g/mol. The van der Waals surface area contributed by atoms with Crippen LogP contribution < -0.4 is 5.32 Å². The summed E-state index contributed by atoms with van der Waals surface area (Å²) in [4.78, 5) is 10.3. The molecule has 0 bridgehead atoms. The Hall–Kier alpha value is -0.720. The predicted octanol–water partition coefficient (Wildman–Crippen LogP) is 3.26. The number of anilines is 1. The molecule has 0 aliphatic rings. The minimum Gasteiger partial charge on any atom is -0.392 e. The molecule has 0 aliphatic heterocycles. The Labute approximate surface area is 115 Å². The second-order valence-electron chi connectivity index (χ2n) is 3.94. The van der Waals surface area contributed by atoms with Crippen LogP contribution in [0.4, 0.5) is 5.69 Å². The van der Waals surface area contributed by atoms with Crippen molar-refractivity contribution in [2.75, 3.05) is 18.1 Å². The van der Waals surface area contributed by atoms with Crippen molar-refractivity contribution in [2.45, 2.75) is 25.3 Å². The normalized spacial score (nSPS) is 12.2. The fraction of sp³-hybridized carbons (Fsp3) is 0.500. The molecular formula is C12H18N2O2S2. The van der Waals surface area contributed by atoms with Crippen LogP contribution in [-0.4, -0.2) is 23.2 Å². The molecule has 1 atom stereocenters. The molecule has 4 nitrogen and oxygen atoms in total. The van der Waals surface area contributed by atoms with E-state index in [1.165, 1.54) is 0 Å². The lowest BCUT2D eigenvalue weighted by Crippen LogP contribution is -2.12. The van der Waals surface area contributed by atoms with Crippen molar-refractivity contribution in [1.29, 1.82) is 0 Å². The van der Waals surface area contributed by atoms with Crippen LogP contribution in [0.2, 0.25) is 0 Å². The highest BCUT2D eigenvalue weighted by atomic mass is 33.1. The fourth-order valence-electron chi connectivity index (χ4n) is 1.58. The van der Waals surface area contributed by atoms with Gasteiger partial charge in [-0.1, -0.05) is 39.8 Å². The largest absolute Gasteiger partial charge is 0.392 e. The maximum atomic E-state index is 10.3. The lowest BCUT2D eigenvalue weighted by molar-refractivity contribution is 0.282. The van der Waals surface area contributed by atoms with Crippen molar-refractivity contribution < 1.29 is 5.11 Å². The number of aliphatic hydroxyl groups is 1. The minimum absolute atomic E-state index is 0.0313. The molecule has 1 rings (SSSR count). The number of benzene rings is 1. The summed E-state index contributed by atoms with van der Waals surface area (Å²) in [6.45, 7) is 3.10. The van der Waals surface area contributed by atoms with Gasteiger partial charge >= 0.3 is 0 Å². The molecule has 0 spiro atoms. The maximum absolute atomic E-state index is 10.3. The summed E-state index contributed by atoms with van der Waals surface area (Å²) in [5, 5.41) is 15.9. The van der Waals surface area contributed by atoms with E-state index in [9.17, 15) is 10.0 Å². The number of aliphatic hydroxyl groups excluding tert-OH is 1. The average Bonchev–Trinajstić information content (AvgIpc) is 2.37. The second kappa shape index (κ2) is 8.39. The fourth-order valence-corrected chi connectivity index (χ4v) is 3.25. The summed E-state index contributed by atoms with van der Waals surface area (Å²) in [5.74, 6) is 0. The molecule has 0 saturated carbocycles. The van der Waals surface area contributed by atoms with Crippen molar-refractivity contribution in [3.8, 4) is 0 Å². The van der Waals surface area contributed by atoms with Crippen LogP contribution in [0.5, 0.6) is 0 Å². The zero-order valence-electron chi connectivity index (χ0n) is 10.5. The number of nitrogens with one attached hydrogen (secondary N) is 1. The van der Waals surface area contributed by atoms with Gasteiger partial charge in [0.2, 0.25) is 0 Å². The Morgan fingerprint density at radius 3 is 2.72 bits per heavy atom. The van der Waals surface area contributed by atoms with Crippen LogP contribution in [0.3, 0.4) is 0 Å². The smallest absolute Gasteiger partial charge is 0.106 e. The molecule has 0 heterocycles. The zero-order chi connectivity index (χ0) is 13.4. The summed E-state index contributed by atoms with van der Waals surface area (Å²) in [5.41, 5.74) is 2.54. The lowest BCUT2D eigenvalue weighted by Gasteiger charge is -2.13. The third kappa shape index (κ3) is 5.29. The van der Waals surface area contributed by atoms with Crippen molar-refractivity contribution in [1.82, 2.24) is 0 Å². The Kier molecular flexibility index (Phi) is 7.15. The number of rotatable bonds is 8. The Morgan fingerprint density at radius 1 is 1.39 bits per heavy atom. The Balaban J connectivity index is 2.68. The van der Waals surface area contributed by atoms with Crippen LogP contribution in [-0.2, 0) is 13.2 Å². The molecule has 0 amide bonds. The third-order valence-corrected chi connectivity index (χ3v) is 4.59. The first-order valence-corrected chi connectivity index (χ1v) is 8.28. The summed E-state index contributed by atoms with van der Waals surface area (Å²) < 4.78 is 0. The molecule has 1 aromatic rings. The van der Waals surface area contributed by atoms with Crippen LogP contribution in [0.15, 0.2) is 23.4 Å². The highest BCUT2D eigenvalue weighted by Gasteiger charge is 2.04.